The second kappa shape index (κ2) is 8.19. The van der Waals surface area contributed by atoms with Gasteiger partial charge in [0.1, 0.15) is 16.7 Å². The van der Waals surface area contributed by atoms with E-state index in [1.165, 1.54) is 0 Å². The number of aromatic nitrogens is 4. The Morgan fingerprint density at radius 3 is 2.10 bits per heavy atom. The van der Waals surface area contributed by atoms with Crippen molar-refractivity contribution >= 4 is 17.0 Å². The van der Waals surface area contributed by atoms with E-state index in [0.717, 1.165) is 11.1 Å². The van der Waals surface area contributed by atoms with Crippen LogP contribution in [0.1, 0.15) is 34.2 Å². The number of aryl methyl sites for hydroxylation is 2. The molecule has 0 aliphatic carbocycles. The second-order valence-corrected chi connectivity index (χ2v) is 6.49. The fourth-order valence-corrected chi connectivity index (χ4v) is 3.06. The molecule has 9 heteroatoms. The Kier molecular flexibility index (Phi) is 5.69. The van der Waals surface area contributed by atoms with Crippen molar-refractivity contribution in [3.8, 4) is 0 Å². The standard InChI is InChI=1S/C11H12N2O3.C9H10N2O2/c1-3-16-11(15)8-6-13-5-4-7(2)9(13)10(14)12-8;1-6-2-3-11-4-7(5-12)10-9(13)8(6)11/h4-6H,3H2,1-2H3,(H,12,14);2-4,12H,5H2,1H3,(H,10,13). The van der Waals surface area contributed by atoms with Gasteiger partial charge in [-0.15, -0.1) is 0 Å². The molecule has 0 saturated carbocycles. The minimum Gasteiger partial charge on any atom is -0.461 e. The number of carbonyl (C=O) groups excluding carboxylic acids is 1. The number of hydrogen-bond donors (Lipinski definition) is 3. The fourth-order valence-electron chi connectivity index (χ4n) is 3.06. The lowest BCUT2D eigenvalue weighted by atomic mass is 10.3. The van der Waals surface area contributed by atoms with E-state index >= 15 is 0 Å². The minimum atomic E-state index is -0.521. The van der Waals surface area contributed by atoms with Gasteiger partial charge in [-0.1, -0.05) is 0 Å². The van der Waals surface area contributed by atoms with Crippen LogP contribution in [0.5, 0.6) is 0 Å². The number of ether oxygens (including phenoxy) is 1. The van der Waals surface area contributed by atoms with E-state index in [-0.39, 0.29) is 30.0 Å². The first-order valence-electron chi connectivity index (χ1n) is 9.03. The summed E-state index contributed by atoms with van der Waals surface area (Å²) < 4.78 is 8.16. The number of aromatic amines is 2. The maximum absolute atomic E-state index is 11.7. The Morgan fingerprint density at radius 1 is 1.00 bits per heavy atom. The molecule has 0 atom stereocenters. The number of hydrogen-bond acceptors (Lipinski definition) is 5. The van der Waals surface area contributed by atoms with Crippen molar-refractivity contribution in [2.45, 2.75) is 27.4 Å². The number of rotatable bonds is 3. The zero-order valence-electron chi connectivity index (χ0n) is 16.4. The van der Waals surface area contributed by atoms with E-state index in [2.05, 4.69) is 9.97 Å². The Hall–Kier alpha value is -3.59. The molecular weight excluding hydrogens is 376 g/mol. The number of aliphatic hydroxyl groups excluding tert-OH is 1. The van der Waals surface area contributed by atoms with Gasteiger partial charge in [0.2, 0.25) is 0 Å². The summed E-state index contributed by atoms with van der Waals surface area (Å²) in [6, 6.07) is 3.69. The van der Waals surface area contributed by atoms with Crippen molar-refractivity contribution in [2.75, 3.05) is 6.61 Å². The molecule has 0 aliphatic rings. The van der Waals surface area contributed by atoms with E-state index in [4.69, 9.17) is 9.84 Å². The predicted molar refractivity (Wildman–Crippen MR) is 107 cm³/mol. The summed E-state index contributed by atoms with van der Waals surface area (Å²) in [5.74, 6) is -0.521. The van der Waals surface area contributed by atoms with Gasteiger partial charge in [-0.25, -0.2) is 4.79 Å². The van der Waals surface area contributed by atoms with E-state index < -0.39 is 5.97 Å². The third kappa shape index (κ3) is 3.99. The molecule has 0 radical (unpaired) electrons. The van der Waals surface area contributed by atoms with Crippen LogP contribution < -0.4 is 11.1 Å². The van der Waals surface area contributed by atoms with Crippen molar-refractivity contribution < 1.29 is 14.6 Å². The van der Waals surface area contributed by atoms with Crippen molar-refractivity contribution in [3.63, 3.8) is 0 Å². The molecule has 29 heavy (non-hydrogen) atoms. The minimum absolute atomic E-state index is 0.150. The highest BCUT2D eigenvalue weighted by molar-refractivity contribution is 5.87. The van der Waals surface area contributed by atoms with Gasteiger partial charge in [-0.2, -0.15) is 0 Å². The quantitative estimate of drug-likeness (QED) is 0.452. The molecule has 0 unspecified atom stereocenters. The average molecular weight is 398 g/mol. The first kappa shape index (κ1) is 20.2. The van der Waals surface area contributed by atoms with Crippen LogP contribution >= 0.6 is 0 Å². The summed E-state index contributed by atoms with van der Waals surface area (Å²) in [6.07, 6.45) is 6.81. The van der Waals surface area contributed by atoms with Crippen molar-refractivity contribution in [1.29, 1.82) is 0 Å². The number of nitrogens with one attached hydrogen (secondary N) is 2. The van der Waals surface area contributed by atoms with Crippen LogP contribution in [0.2, 0.25) is 0 Å². The van der Waals surface area contributed by atoms with Gasteiger partial charge in [-0.3, -0.25) is 9.59 Å². The maximum atomic E-state index is 11.7. The highest BCUT2D eigenvalue weighted by Crippen LogP contribution is 2.08. The summed E-state index contributed by atoms with van der Waals surface area (Å²) in [5.41, 5.74) is 3.23. The Balaban J connectivity index is 0.000000169. The smallest absolute Gasteiger partial charge is 0.356 e. The van der Waals surface area contributed by atoms with Gasteiger partial charge < -0.3 is 28.6 Å². The van der Waals surface area contributed by atoms with Gasteiger partial charge in [0, 0.05) is 24.8 Å². The lowest BCUT2D eigenvalue weighted by molar-refractivity contribution is 0.0518. The average Bonchev–Trinajstić information content (AvgIpc) is 3.25. The van der Waals surface area contributed by atoms with E-state index in [1.807, 2.05) is 26.0 Å². The van der Waals surface area contributed by atoms with E-state index in [9.17, 15) is 14.4 Å². The molecule has 0 spiro atoms. The highest BCUT2D eigenvalue weighted by Gasteiger charge is 2.11. The Labute approximate surface area is 165 Å². The lowest BCUT2D eigenvalue weighted by Crippen LogP contribution is -2.17. The molecule has 4 aromatic heterocycles. The van der Waals surface area contributed by atoms with Crippen LogP contribution in [0, 0.1) is 13.8 Å². The van der Waals surface area contributed by atoms with Gasteiger partial charge in [0.25, 0.3) is 11.1 Å². The Bertz CT molecular complexity index is 1290. The highest BCUT2D eigenvalue weighted by atomic mass is 16.5. The van der Waals surface area contributed by atoms with Crippen LogP contribution in [0.15, 0.2) is 46.5 Å². The van der Waals surface area contributed by atoms with Crippen LogP contribution in [0.3, 0.4) is 0 Å². The summed E-state index contributed by atoms with van der Waals surface area (Å²) in [5, 5.41) is 8.84. The van der Waals surface area contributed by atoms with Crippen LogP contribution in [-0.2, 0) is 11.3 Å². The summed E-state index contributed by atoms with van der Waals surface area (Å²) in [6.45, 7) is 5.57. The van der Waals surface area contributed by atoms with Gasteiger partial charge in [0.15, 0.2) is 0 Å². The topological polar surface area (TPSA) is 121 Å². The molecule has 0 fully saturated rings. The van der Waals surface area contributed by atoms with Gasteiger partial charge >= 0.3 is 5.97 Å². The number of carbonyl (C=O) groups is 1. The zero-order chi connectivity index (χ0) is 21.1. The second-order valence-electron chi connectivity index (χ2n) is 6.49. The number of aliphatic hydroxyl groups is 1. The third-order valence-corrected chi connectivity index (χ3v) is 4.41. The van der Waals surface area contributed by atoms with Crippen molar-refractivity contribution in [2.24, 2.45) is 0 Å². The SMILES string of the molecule is CCOC(=O)c1cn2ccc(C)c2c(=O)[nH]1.Cc1ccn2cc(CO)[nH]c(=O)c12. The number of nitrogens with zero attached hydrogens (tertiary/aromatic N) is 2. The van der Waals surface area contributed by atoms with Crippen LogP contribution in [-0.4, -0.2) is 36.5 Å². The first-order chi connectivity index (χ1) is 13.8. The monoisotopic (exact) mass is 398 g/mol. The molecule has 0 aliphatic heterocycles. The van der Waals surface area contributed by atoms with Crippen molar-refractivity contribution in [3.05, 3.63) is 80.1 Å². The predicted octanol–water partition coefficient (Wildman–Crippen LogP) is 1.54. The van der Waals surface area contributed by atoms with E-state index in [1.54, 1.807) is 40.5 Å². The molecule has 4 rings (SSSR count). The largest absolute Gasteiger partial charge is 0.461 e. The van der Waals surface area contributed by atoms with E-state index in [0.29, 0.717) is 16.7 Å². The normalized spacial score (nSPS) is 10.8. The van der Waals surface area contributed by atoms with Crippen LogP contribution in [0.4, 0.5) is 0 Å². The fraction of sp³-hybridized carbons (Fsp3) is 0.250. The van der Waals surface area contributed by atoms with Crippen molar-refractivity contribution in [1.82, 2.24) is 18.8 Å². The summed E-state index contributed by atoms with van der Waals surface area (Å²) in [7, 11) is 0. The summed E-state index contributed by atoms with van der Waals surface area (Å²) in [4.78, 5) is 39.7. The molecule has 152 valence electrons. The Morgan fingerprint density at radius 2 is 1.55 bits per heavy atom. The third-order valence-electron chi connectivity index (χ3n) is 4.41. The number of esters is 1. The molecule has 0 aromatic carbocycles. The lowest BCUT2D eigenvalue weighted by Gasteiger charge is -2.02. The van der Waals surface area contributed by atoms with Crippen LogP contribution in [0.25, 0.3) is 11.0 Å². The summed E-state index contributed by atoms with van der Waals surface area (Å²) >= 11 is 0. The molecule has 4 heterocycles. The van der Waals surface area contributed by atoms with Gasteiger partial charge in [-0.05, 0) is 44.0 Å². The molecule has 9 nitrogen and oxygen atoms in total. The molecule has 0 amide bonds. The molecule has 3 N–H and O–H groups in total. The molecule has 0 bridgehead atoms. The first-order valence-corrected chi connectivity index (χ1v) is 9.03. The molecule has 4 aromatic rings. The number of fused-ring (bicyclic) bond motifs is 2. The zero-order valence-corrected chi connectivity index (χ0v) is 16.4. The maximum Gasteiger partial charge on any atom is 0.356 e. The molecule has 0 saturated heterocycles. The van der Waals surface area contributed by atoms with Gasteiger partial charge in [0.05, 0.1) is 18.9 Å². The molecular formula is C20H22N4O5. The number of H-pyrrole nitrogens is 2.